The van der Waals surface area contributed by atoms with Gasteiger partial charge in [-0.3, -0.25) is 10.1 Å². The van der Waals surface area contributed by atoms with E-state index in [0.29, 0.717) is 28.6 Å². The van der Waals surface area contributed by atoms with Gasteiger partial charge in [-0.15, -0.1) is 20.4 Å². The summed E-state index contributed by atoms with van der Waals surface area (Å²) in [6.45, 7) is 4.38. The first-order valence-corrected chi connectivity index (χ1v) is 11.1. The largest absolute Gasteiger partial charge is 0.485 e. The lowest BCUT2D eigenvalue weighted by Gasteiger charge is -2.09. The monoisotopic (exact) mass is 430 g/mol. The van der Waals surface area contributed by atoms with E-state index in [-0.39, 0.29) is 11.7 Å². The van der Waals surface area contributed by atoms with Gasteiger partial charge in [0.15, 0.2) is 11.0 Å². The van der Waals surface area contributed by atoms with E-state index in [1.807, 2.05) is 30.7 Å². The van der Waals surface area contributed by atoms with E-state index in [2.05, 4.69) is 38.7 Å². The molecule has 3 aromatic rings. The normalized spacial score (nSPS) is 13.5. The Labute approximate surface area is 177 Å². The smallest absolute Gasteiger partial charge is 0.236 e. The van der Waals surface area contributed by atoms with Gasteiger partial charge in [-0.2, -0.15) is 0 Å². The van der Waals surface area contributed by atoms with Gasteiger partial charge in [-0.1, -0.05) is 40.8 Å². The molecule has 1 aliphatic rings. The average molecular weight is 431 g/mol. The maximum atomic E-state index is 12.2. The van der Waals surface area contributed by atoms with Crippen LogP contribution in [0.25, 0.3) is 0 Å². The van der Waals surface area contributed by atoms with E-state index in [9.17, 15) is 4.79 Å². The summed E-state index contributed by atoms with van der Waals surface area (Å²) in [5.74, 6) is 2.16. The number of carbonyl (C=O) groups excluding carboxylic acids is 1. The summed E-state index contributed by atoms with van der Waals surface area (Å²) in [6, 6.07) is 6.06. The van der Waals surface area contributed by atoms with E-state index >= 15 is 0 Å². The zero-order chi connectivity index (χ0) is 20.4. The fraction of sp³-hybridized carbons (Fsp3) is 0.421. The van der Waals surface area contributed by atoms with Crippen molar-refractivity contribution in [3.05, 3.63) is 40.2 Å². The second-order valence-electron chi connectivity index (χ2n) is 7.07. The molecule has 0 unspecified atom stereocenters. The molecule has 4 rings (SSSR count). The highest BCUT2D eigenvalue weighted by Crippen LogP contribution is 2.42. The lowest BCUT2D eigenvalue weighted by molar-refractivity contribution is -0.113. The van der Waals surface area contributed by atoms with E-state index in [1.165, 1.54) is 41.5 Å². The Kier molecular flexibility index (Phi) is 5.81. The van der Waals surface area contributed by atoms with Crippen molar-refractivity contribution in [2.24, 2.45) is 7.05 Å². The predicted octanol–water partition coefficient (Wildman–Crippen LogP) is 3.47. The minimum atomic E-state index is -0.135. The molecule has 29 heavy (non-hydrogen) atoms. The highest BCUT2D eigenvalue weighted by Gasteiger charge is 2.27. The molecular formula is C19H22N6O2S2. The molecule has 0 bridgehead atoms. The van der Waals surface area contributed by atoms with Gasteiger partial charge < -0.3 is 9.30 Å². The number of anilines is 1. The van der Waals surface area contributed by atoms with Crippen molar-refractivity contribution in [1.29, 1.82) is 0 Å². The Morgan fingerprint density at radius 3 is 2.86 bits per heavy atom. The fourth-order valence-electron chi connectivity index (χ4n) is 2.77. The number of aryl methyl sites for hydroxylation is 2. The van der Waals surface area contributed by atoms with Gasteiger partial charge in [0.25, 0.3) is 0 Å². The number of nitrogens with zero attached hydrogens (tertiary/aromatic N) is 5. The van der Waals surface area contributed by atoms with Crippen LogP contribution in [0.15, 0.2) is 23.4 Å². The maximum Gasteiger partial charge on any atom is 0.236 e. The summed E-state index contributed by atoms with van der Waals surface area (Å²) in [7, 11) is 1.87. The molecule has 1 amide bonds. The molecule has 10 heteroatoms. The van der Waals surface area contributed by atoms with Gasteiger partial charge in [-0.25, -0.2) is 0 Å². The molecule has 0 aliphatic heterocycles. The molecule has 0 spiro atoms. The number of aromatic nitrogens is 5. The second-order valence-corrected chi connectivity index (χ2v) is 9.02. The summed E-state index contributed by atoms with van der Waals surface area (Å²) in [5, 5.41) is 21.5. The molecule has 0 radical (unpaired) electrons. The Bertz CT molecular complexity index is 1030. The Morgan fingerprint density at radius 1 is 1.28 bits per heavy atom. The predicted molar refractivity (Wildman–Crippen MR) is 112 cm³/mol. The highest BCUT2D eigenvalue weighted by molar-refractivity contribution is 7.99. The van der Waals surface area contributed by atoms with Crippen molar-refractivity contribution in [1.82, 2.24) is 25.0 Å². The first-order valence-electron chi connectivity index (χ1n) is 9.34. The summed E-state index contributed by atoms with van der Waals surface area (Å²) < 4.78 is 7.72. The van der Waals surface area contributed by atoms with Gasteiger partial charge in [0.1, 0.15) is 17.4 Å². The molecule has 152 valence electrons. The van der Waals surface area contributed by atoms with Crippen molar-refractivity contribution < 1.29 is 9.53 Å². The molecule has 1 N–H and O–H groups in total. The standard InChI is InChI=1S/C19H22N6O2S2/c1-11-4-7-14(12(2)8-11)27-9-15-21-24-19(25(15)3)28-10-16(26)20-18-23-22-17(29-18)13-5-6-13/h4,7-8,13H,5-6,9-10H2,1-3H3,(H,20,23,26). The number of rotatable bonds is 8. The zero-order valence-corrected chi connectivity index (χ0v) is 18.1. The van der Waals surface area contributed by atoms with Crippen LogP contribution in [0, 0.1) is 13.8 Å². The maximum absolute atomic E-state index is 12.2. The van der Waals surface area contributed by atoms with Crippen LogP contribution in [0.4, 0.5) is 5.13 Å². The molecule has 2 heterocycles. The van der Waals surface area contributed by atoms with Crippen molar-refractivity contribution in [2.45, 2.75) is 44.4 Å². The molecule has 0 atom stereocenters. The Morgan fingerprint density at radius 2 is 2.10 bits per heavy atom. The molecule has 1 saturated carbocycles. The van der Waals surface area contributed by atoms with Crippen LogP contribution < -0.4 is 10.1 Å². The molecular weight excluding hydrogens is 408 g/mol. The number of hydrogen-bond acceptors (Lipinski definition) is 8. The van der Waals surface area contributed by atoms with Crippen LogP contribution in [0.3, 0.4) is 0 Å². The Balaban J connectivity index is 1.29. The minimum Gasteiger partial charge on any atom is -0.485 e. The number of hydrogen-bond donors (Lipinski definition) is 1. The quantitative estimate of drug-likeness (QED) is 0.547. The number of carbonyl (C=O) groups is 1. The van der Waals surface area contributed by atoms with Crippen LogP contribution in [0.1, 0.15) is 40.7 Å². The van der Waals surface area contributed by atoms with E-state index < -0.39 is 0 Å². The zero-order valence-electron chi connectivity index (χ0n) is 16.5. The van der Waals surface area contributed by atoms with Gasteiger partial charge in [-0.05, 0) is 38.3 Å². The van der Waals surface area contributed by atoms with Gasteiger partial charge in [0.2, 0.25) is 11.0 Å². The topological polar surface area (TPSA) is 94.8 Å². The third-order valence-electron chi connectivity index (χ3n) is 4.56. The number of nitrogens with one attached hydrogen (secondary N) is 1. The van der Waals surface area contributed by atoms with Crippen molar-refractivity contribution in [3.63, 3.8) is 0 Å². The van der Waals surface area contributed by atoms with E-state index in [1.54, 1.807) is 0 Å². The lowest BCUT2D eigenvalue weighted by atomic mass is 10.1. The average Bonchev–Trinajstić information content (AvgIpc) is 3.34. The number of amides is 1. The van der Waals surface area contributed by atoms with Crippen LogP contribution in [0.5, 0.6) is 5.75 Å². The molecule has 1 fully saturated rings. The first-order chi connectivity index (χ1) is 14.0. The van der Waals surface area contributed by atoms with Crippen LogP contribution in [-0.4, -0.2) is 36.6 Å². The highest BCUT2D eigenvalue weighted by atomic mass is 32.2. The minimum absolute atomic E-state index is 0.135. The lowest BCUT2D eigenvalue weighted by Crippen LogP contribution is -2.14. The fourth-order valence-corrected chi connectivity index (χ4v) is 4.42. The number of ether oxygens (including phenoxy) is 1. The van der Waals surface area contributed by atoms with Crippen LogP contribution in [-0.2, 0) is 18.4 Å². The molecule has 1 aromatic carbocycles. The number of benzene rings is 1. The van der Waals surface area contributed by atoms with E-state index in [0.717, 1.165) is 16.3 Å². The van der Waals surface area contributed by atoms with E-state index in [4.69, 9.17) is 4.74 Å². The Hall–Kier alpha value is -2.46. The number of thioether (sulfide) groups is 1. The van der Waals surface area contributed by atoms with Crippen molar-refractivity contribution >= 4 is 34.1 Å². The van der Waals surface area contributed by atoms with Crippen molar-refractivity contribution in [2.75, 3.05) is 11.1 Å². The molecule has 2 aromatic heterocycles. The third kappa shape index (κ3) is 4.94. The summed E-state index contributed by atoms with van der Waals surface area (Å²) in [4.78, 5) is 12.2. The van der Waals surface area contributed by atoms with Crippen LogP contribution in [0.2, 0.25) is 0 Å². The second kappa shape index (κ2) is 8.50. The molecule has 8 nitrogen and oxygen atoms in total. The van der Waals surface area contributed by atoms with Gasteiger partial charge >= 0.3 is 0 Å². The first kappa shape index (κ1) is 19.8. The van der Waals surface area contributed by atoms with Gasteiger partial charge in [0.05, 0.1) is 5.75 Å². The van der Waals surface area contributed by atoms with Gasteiger partial charge in [0, 0.05) is 13.0 Å². The third-order valence-corrected chi connectivity index (χ3v) is 6.58. The summed E-state index contributed by atoms with van der Waals surface area (Å²) >= 11 is 2.78. The SMILES string of the molecule is Cc1ccc(OCc2nnc(SCC(=O)Nc3nnc(C4CC4)s3)n2C)c(C)c1. The summed E-state index contributed by atoms with van der Waals surface area (Å²) in [5.41, 5.74) is 2.28. The van der Waals surface area contributed by atoms with Crippen molar-refractivity contribution in [3.8, 4) is 5.75 Å². The summed E-state index contributed by atoms with van der Waals surface area (Å²) in [6.07, 6.45) is 2.33. The van der Waals surface area contributed by atoms with Crippen LogP contribution >= 0.6 is 23.1 Å². The molecule has 1 aliphatic carbocycles. The molecule has 0 saturated heterocycles.